The molecule has 1 aliphatic heterocycles. The zero-order chi connectivity index (χ0) is 29.8. The second-order valence-electron chi connectivity index (χ2n) is 8.76. The van der Waals surface area contributed by atoms with E-state index < -0.39 is 49.4 Å². The second-order valence-corrected chi connectivity index (χ2v) is 12.5. The van der Waals surface area contributed by atoms with Crippen molar-refractivity contribution in [3.8, 4) is 18.1 Å². The number of alkyl halides is 1. The van der Waals surface area contributed by atoms with Crippen LogP contribution in [0.2, 0.25) is 0 Å². The number of ether oxygens (including phenoxy) is 2. The van der Waals surface area contributed by atoms with Gasteiger partial charge in [-0.25, -0.2) is 14.5 Å². The van der Waals surface area contributed by atoms with E-state index in [4.69, 9.17) is 30.3 Å². The lowest BCUT2D eigenvalue weighted by atomic mass is 9.97. The number of hydrogen-bond acceptors (Lipinski definition) is 13. The first-order valence-corrected chi connectivity index (χ1v) is 15.3. The smallest absolute Gasteiger partial charge is 0.365 e. The van der Waals surface area contributed by atoms with Gasteiger partial charge in [-0.3, -0.25) is 13.9 Å². The number of aliphatic hydroxyl groups excluding tert-OH is 1. The van der Waals surface area contributed by atoms with Gasteiger partial charge in [0.15, 0.2) is 34.9 Å². The van der Waals surface area contributed by atoms with E-state index in [1.807, 2.05) is 5.92 Å². The first-order valence-electron chi connectivity index (χ1n) is 12.3. The van der Waals surface area contributed by atoms with Crippen LogP contribution in [-0.2, 0) is 23.4 Å². The Bertz CT molecular complexity index is 1480. The molecule has 0 saturated carbocycles. The number of halogens is 1. The van der Waals surface area contributed by atoms with E-state index in [2.05, 4.69) is 25.4 Å². The number of para-hydroxylation sites is 1. The molecule has 4 rings (SSSR count). The van der Waals surface area contributed by atoms with E-state index >= 15 is 4.39 Å². The number of aromatic nitrogens is 4. The van der Waals surface area contributed by atoms with Crippen LogP contribution in [0.15, 0.2) is 36.7 Å². The number of fused-ring (bicyclic) bond motifs is 1. The summed E-state index contributed by atoms with van der Waals surface area (Å²) < 4.78 is 53.0. The number of nitrogens with one attached hydrogen (secondary N) is 2. The van der Waals surface area contributed by atoms with E-state index in [1.165, 1.54) is 17.8 Å². The summed E-state index contributed by atoms with van der Waals surface area (Å²) in [5.74, 6) is 1.80. The Balaban J connectivity index is 1.57. The van der Waals surface area contributed by atoms with E-state index in [1.54, 1.807) is 44.3 Å². The van der Waals surface area contributed by atoms with Crippen molar-refractivity contribution in [2.24, 2.45) is 0 Å². The lowest BCUT2D eigenvalue weighted by Crippen LogP contribution is -2.42. The molecule has 6 atom stereocenters. The minimum atomic E-state index is -4.07. The van der Waals surface area contributed by atoms with Gasteiger partial charge in [0.25, 0.3) is 0 Å². The molecule has 1 unspecified atom stereocenters. The molecule has 1 fully saturated rings. The fourth-order valence-electron chi connectivity index (χ4n) is 3.97. The van der Waals surface area contributed by atoms with Crippen LogP contribution in [0.25, 0.3) is 11.2 Å². The molecule has 1 aromatic carbocycles. The quantitative estimate of drug-likeness (QED) is 0.102. The molecule has 0 aliphatic carbocycles. The van der Waals surface area contributed by atoms with Gasteiger partial charge < -0.3 is 34.3 Å². The van der Waals surface area contributed by atoms with E-state index in [9.17, 15) is 14.5 Å². The van der Waals surface area contributed by atoms with Gasteiger partial charge in [-0.15, -0.1) is 6.42 Å². The Hall–Kier alpha value is -3.45. The van der Waals surface area contributed by atoms with Crippen LogP contribution in [0.3, 0.4) is 0 Å². The van der Waals surface area contributed by atoms with Crippen molar-refractivity contribution in [3.63, 3.8) is 0 Å². The van der Waals surface area contributed by atoms with Crippen molar-refractivity contribution >= 4 is 47.3 Å². The molecule has 220 valence electrons. The van der Waals surface area contributed by atoms with Crippen molar-refractivity contribution in [2.45, 2.75) is 44.0 Å². The highest BCUT2D eigenvalue weighted by Crippen LogP contribution is 2.57. The predicted molar refractivity (Wildman–Crippen MR) is 149 cm³/mol. The van der Waals surface area contributed by atoms with Gasteiger partial charge in [0.2, 0.25) is 11.6 Å². The molecule has 3 heterocycles. The number of terminal acetylenes is 1. The number of carbonyl (C=O) groups excluding carboxylic acids is 1. The topological polar surface area (TPSA) is 185 Å². The molecule has 0 amide bonds. The van der Waals surface area contributed by atoms with Crippen molar-refractivity contribution in [1.29, 1.82) is 0 Å². The Labute approximate surface area is 239 Å². The van der Waals surface area contributed by atoms with Gasteiger partial charge in [0.1, 0.15) is 24.0 Å². The largest absolute Gasteiger partial charge is 0.465 e. The zero-order valence-electron chi connectivity index (χ0n) is 22.3. The highest BCUT2D eigenvalue weighted by atomic mass is 32.7. The van der Waals surface area contributed by atoms with Crippen LogP contribution in [0.1, 0.15) is 20.1 Å². The Morgan fingerprint density at radius 1 is 1.41 bits per heavy atom. The molecule has 14 nitrogen and oxygen atoms in total. The molecule has 5 N–H and O–H groups in total. The number of esters is 1. The normalized spacial score (nSPS) is 24.3. The van der Waals surface area contributed by atoms with E-state index in [-0.39, 0.29) is 29.5 Å². The minimum absolute atomic E-state index is 0.0975. The highest BCUT2D eigenvalue weighted by molar-refractivity contribution is 8.53. The molecule has 41 heavy (non-hydrogen) atoms. The number of imidazole rings is 1. The Morgan fingerprint density at radius 2 is 2.15 bits per heavy atom. The maximum Gasteiger partial charge on any atom is 0.365 e. The summed E-state index contributed by atoms with van der Waals surface area (Å²) in [5, 5.41) is 16.3. The SMILES string of the molecule is C#C[C@@]1(F)[C@H](O)[C@@H](COP(=O)(N[C@H](C)C(=O)OCC)SOc2ccccc2)O[C@H]1n1cnc2c(NC)nc(N)nc21. The molecule has 0 bridgehead atoms. The maximum atomic E-state index is 16.1. The number of nitrogens with zero attached hydrogens (tertiary/aromatic N) is 4. The first-order chi connectivity index (χ1) is 19.5. The summed E-state index contributed by atoms with van der Waals surface area (Å²) in [6.07, 6.45) is 1.80. The third kappa shape index (κ3) is 6.40. The number of hydrogen-bond donors (Lipinski definition) is 4. The number of anilines is 2. The number of carbonyl (C=O) groups is 1. The van der Waals surface area contributed by atoms with Gasteiger partial charge in [-0.2, -0.15) is 9.97 Å². The van der Waals surface area contributed by atoms with Gasteiger partial charge in [0, 0.05) is 7.05 Å². The summed E-state index contributed by atoms with van der Waals surface area (Å²) in [7, 11) is 1.60. The molecule has 3 aromatic rings. The van der Waals surface area contributed by atoms with Crippen molar-refractivity contribution in [2.75, 3.05) is 31.3 Å². The van der Waals surface area contributed by atoms with Gasteiger partial charge in [-0.1, -0.05) is 24.1 Å². The number of nitrogens with two attached hydrogens (primary N) is 1. The molecule has 17 heteroatoms. The summed E-state index contributed by atoms with van der Waals surface area (Å²) in [6.45, 7) is -1.52. The van der Waals surface area contributed by atoms with E-state index in [0.29, 0.717) is 17.4 Å². The third-order valence-corrected chi connectivity index (χ3v) is 9.07. The Kier molecular flexibility index (Phi) is 9.37. The molecular formula is C24H29FN7O7PS. The molecule has 1 aliphatic rings. The average Bonchev–Trinajstić information content (AvgIpc) is 3.49. The number of nitrogen functional groups attached to an aromatic ring is 1. The van der Waals surface area contributed by atoms with Crippen molar-refractivity contribution in [1.82, 2.24) is 24.6 Å². The first kappa shape index (κ1) is 30.5. The molecule has 1 saturated heterocycles. The standard InChI is InChI=1S/C24H29FN7O7PS/c1-5-24(25)18(33)16(38-22(24)32-13-28-17-19(27-4)29-23(26)30-20(17)32)12-37-40(35,31-14(3)21(34)36-6-2)41-39-15-10-8-7-9-11-15/h1,7-11,13-14,16,18,22,33H,6,12H2,2-4H3,(H,31,35)(H3,26,27,29,30)/t14-,16-,18-,22-,24-,40?/m1/s1. The van der Waals surface area contributed by atoms with Gasteiger partial charge >= 0.3 is 12.7 Å². The van der Waals surface area contributed by atoms with Crippen LogP contribution in [0.5, 0.6) is 5.75 Å². The number of aliphatic hydroxyl groups is 1. The summed E-state index contributed by atoms with van der Waals surface area (Å²) in [4.78, 5) is 24.6. The molecular weight excluding hydrogens is 580 g/mol. The van der Waals surface area contributed by atoms with Crippen LogP contribution in [0.4, 0.5) is 16.2 Å². The van der Waals surface area contributed by atoms with Crippen LogP contribution < -0.4 is 20.3 Å². The maximum absolute atomic E-state index is 16.1. The van der Waals surface area contributed by atoms with Gasteiger partial charge in [0.05, 0.1) is 19.5 Å². The molecule has 2 aromatic heterocycles. The zero-order valence-corrected chi connectivity index (χ0v) is 24.0. The monoisotopic (exact) mass is 609 g/mol. The third-order valence-electron chi connectivity index (χ3n) is 5.97. The number of rotatable bonds is 12. The predicted octanol–water partition coefficient (Wildman–Crippen LogP) is 2.44. The van der Waals surface area contributed by atoms with Crippen molar-refractivity contribution < 1.29 is 37.0 Å². The highest BCUT2D eigenvalue weighted by Gasteiger charge is 2.58. The summed E-state index contributed by atoms with van der Waals surface area (Å²) in [6, 6.07) is 7.36. The van der Waals surface area contributed by atoms with E-state index in [0.717, 1.165) is 0 Å². The van der Waals surface area contributed by atoms with Crippen LogP contribution >= 0.6 is 18.4 Å². The van der Waals surface area contributed by atoms with Crippen LogP contribution in [-0.4, -0.2) is 74.8 Å². The Morgan fingerprint density at radius 3 is 2.80 bits per heavy atom. The fourth-order valence-corrected chi connectivity index (χ4v) is 6.81. The van der Waals surface area contributed by atoms with Crippen molar-refractivity contribution in [3.05, 3.63) is 36.7 Å². The van der Waals surface area contributed by atoms with Gasteiger partial charge in [-0.05, 0) is 26.0 Å². The number of benzene rings is 1. The lowest BCUT2D eigenvalue weighted by molar-refractivity contribution is -0.144. The molecule has 0 spiro atoms. The fraction of sp³-hybridized carbons (Fsp3) is 0.417. The minimum Gasteiger partial charge on any atom is -0.465 e. The lowest BCUT2D eigenvalue weighted by Gasteiger charge is -2.24. The van der Waals surface area contributed by atoms with Crippen LogP contribution in [0, 0.1) is 12.3 Å². The average molecular weight is 610 g/mol. The second kappa shape index (κ2) is 12.6. The summed E-state index contributed by atoms with van der Waals surface area (Å²) in [5.41, 5.74) is 3.38. The molecule has 0 radical (unpaired) electrons. The summed E-state index contributed by atoms with van der Waals surface area (Å²) >= 11 is 0.427.